The summed E-state index contributed by atoms with van der Waals surface area (Å²) in [6.45, 7) is 2.59. The van der Waals surface area contributed by atoms with Crippen molar-refractivity contribution in [3.63, 3.8) is 0 Å². The van der Waals surface area contributed by atoms with Gasteiger partial charge < -0.3 is 5.32 Å². The Morgan fingerprint density at radius 2 is 1.55 bits per heavy atom. The zero-order chi connectivity index (χ0) is 20.2. The molecule has 2 atom stereocenters. The molecule has 0 spiro atoms. The lowest BCUT2D eigenvalue weighted by Crippen LogP contribution is -2.43. The molecule has 1 fully saturated rings. The Kier molecular flexibility index (Phi) is 5.40. The maximum atomic E-state index is 12.8. The molecule has 146 valence electrons. The van der Waals surface area contributed by atoms with Crippen molar-refractivity contribution in [3.05, 3.63) is 107 Å². The SMILES string of the molecule is Cc1ccc(CN2NC(=O)[C@H](NC(=O)c3ccccc3)[C@H]2c2ccccc2)cc1. The summed E-state index contributed by atoms with van der Waals surface area (Å²) in [7, 11) is 0. The van der Waals surface area contributed by atoms with Crippen molar-refractivity contribution in [3.8, 4) is 0 Å². The molecular weight excluding hydrogens is 362 g/mol. The minimum Gasteiger partial charge on any atom is -0.338 e. The van der Waals surface area contributed by atoms with Crippen LogP contribution in [0, 0.1) is 6.92 Å². The number of aryl methyl sites for hydroxylation is 1. The van der Waals surface area contributed by atoms with Crippen LogP contribution in [0.5, 0.6) is 0 Å². The van der Waals surface area contributed by atoms with Crippen LogP contribution in [0.25, 0.3) is 0 Å². The third kappa shape index (κ3) is 4.20. The highest BCUT2D eigenvalue weighted by atomic mass is 16.2. The Bertz CT molecular complexity index is 988. The first kappa shape index (κ1) is 18.9. The Balaban J connectivity index is 1.61. The van der Waals surface area contributed by atoms with E-state index in [1.54, 1.807) is 12.1 Å². The highest BCUT2D eigenvalue weighted by Gasteiger charge is 2.42. The summed E-state index contributed by atoms with van der Waals surface area (Å²) in [6, 6.07) is 26.0. The van der Waals surface area contributed by atoms with Gasteiger partial charge in [-0.1, -0.05) is 78.4 Å². The largest absolute Gasteiger partial charge is 0.338 e. The van der Waals surface area contributed by atoms with Crippen LogP contribution in [0.3, 0.4) is 0 Å². The van der Waals surface area contributed by atoms with Crippen LogP contribution in [-0.2, 0) is 11.3 Å². The number of hydrazine groups is 1. The van der Waals surface area contributed by atoms with Gasteiger partial charge in [0, 0.05) is 12.1 Å². The van der Waals surface area contributed by atoms with Gasteiger partial charge in [0.05, 0.1) is 6.04 Å². The van der Waals surface area contributed by atoms with E-state index in [1.165, 1.54) is 5.56 Å². The van der Waals surface area contributed by atoms with Crippen molar-refractivity contribution in [2.24, 2.45) is 0 Å². The van der Waals surface area contributed by atoms with Crippen LogP contribution < -0.4 is 10.7 Å². The first-order valence-electron chi connectivity index (χ1n) is 9.65. The fraction of sp³-hybridized carbons (Fsp3) is 0.167. The van der Waals surface area contributed by atoms with E-state index in [2.05, 4.69) is 35.0 Å². The molecular formula is C24H23N3O2. The minimum absolute atomic E-state index is 0.213. The van der Waals surface area contributed by atoms with Gasteiger partial charge in [0.1, 0.15) is 6.04 Å². The zero-order valence-electron chi connectivity index (χ0n) is 16.2. The molecule has 3 aromatic rings. The summed E-state index contributed by atoms with van der Waals surface area (Å²) in [5, 5.41) is 4.83. The van der Waals surface area contributed by atoms with Crippen LogP contribution >= 0.6 is 0 Å². The number of benzene rings is 3. The van der Waals surface area contributed by atoms with Gasteiger partial charge in [0.2, 0.25) is 0 Å². The summed E-state index contributed by atoms with van der Waals surface area (Å²) >= 11 is 0. The van der Waals surface area contributed by atoms with E-state index < -0.39 is 6.04 Å². The minimum atomic E-state index is -0.685. The smallest absolute Gasteiger partial charge is 0.258 e. The maximum Gasteiger partial charge on any atom is 0.258 e. The normalized spacial score (nSPS) is 19.0. The van der Waals surface area contributed by atoms with Gasteiger partial charge in [-0.25, -0.2) is 5.01 Å². The average Bonchev–Trinajstić information content (AvgIpc) is 3.05. The van der Waals surface area contributed by atoms with Crippen LogP contribution in [-0.4, -0.2) is 22.9 Å². The molecule has 29 heavy (non-hydrogen) atoms. The molecule has 3 aromatic carbocycles. The summed E-state index contributed by atoms with van der Waals surface area (Å²) in [4.78, 5) is 25.5. The highest BCUT2D eigenvalue weighted by Crippen LogP contribution is 2.29. The molecule has 1 aliphatic heterocycles. The number of amides is 2. The quantitative estimate of drug-likeness (QED) is 0.708. The number of nitrogens with one attached hydrogen (secondary N) is 2. The number of carbonyl (C=O) groups excluding carboxylic acids is 2. The van der Waals surface area contributed by atoms with E-state index in [0.29, 0.717) is 12.1 Å². The molecule has 1 heterocycles. The molecule has 4 rings (SSSR count). The standard InChI is InChI=1S/C24H23N3O2/c1-17-12-14-18(15-13-17)16-27-22(19-8-4-2-5-9-19)21(24(29)26-27)25-23(28)20-10-6-3-7-11-20/h2-15,21-22H,16H2,1H3,(H,25,28)(H,26,29)/t21-,22-/m1/s1. The van der Waals surface area contributed by atoms with E-state index in [1.807, 2.05) is 60.5 Å². The number of hydrogen-bond acceptors (Lipinski definition) is 3. The topological polar surface area (TPSA) is 61.4 Å². The summed E-state index contributed by atoms with van der Waals surface area (Å²) in [5.41, 5.74) is 6.73. The van der Waals surface area contributed by atoms with Crippen molar-refractivity contribution in [2.75, 3.05) is 0 Å². The van der Waals surface area contributed by atoms with Gasteiger partial charge in [-0.2, -0.15) is 0 Å². The molecule has 5 heteroatoms. The van der Waals surface area contributed by atoms with Crippen LogP contribution in [0.4, 0.5) is 0 Å². The van der Waals surface area contributed by atoms with E-state index in [-0.39, 0.29) is 17.9 Å². The van der Waals surface area contributed by atoms with Crippen LogP contribution in [0.2, 0.25) is 0 Å². The predicted octanol–water partition coefficient (Wildman–Crippen LogP) is 3.38. The van der Waals surface area contributed by atoms with Crippen LogP contribution in [0.1, 0.15) is 33.1 Å². The van der Waals surface area contributed by atoms with Crippen molar-refractivity contribution in [2.45, 2.75) is 25.6 Å². The Hall–Kier alpha value is -3.44. The molecule has 0 aromatic heterocycles. The molecule has 1 saturated heterocycles. The number of carbonyl (C=O) groups is 2. The number of rotatable bonds is 5. The second kappa shape index (κ2) is 8.29. The Morgan fingerprint density at radius 1 is 0.931 bits per heavy atom. The van der Waals surface area contributed by atoms with Gasteiger partial charge in [-0.15, -0.1) is 0 Å². The molecule has 0 unspecified atom stereocenters. The summed E-state index contributed by atoms with van der Waals surface area (Å²) < 4.78 is 0. The molecule has 0 bridgehead atoms. The Labute approximate surface area is 170 Å². The number of hydrogen-bond donors (Lipinski definition) is 2. The number of nitrogens with zero attached hydrogens (tertiary/aromatic N) is 1. The average molecular weight is 385 g/mol. The molecule has 1 aliphatic rings. The second-order valence-corrected chi connectivity index (χ2v) is 7.26. The summed E-state index contributed by atoms with van der Waals surface area (Å²) in [5.74, 6) is -0.473. The van der Waals surface area contributed by atoms with E-state index in [4.69, 9.17) is 0 Å². The van der Waals surface area contributed by atoms with Crippen LogP contribution in [0.15, 0.2) is 84.9 Å². The van der Waals surface area contributed by atoms with E-state index in [9.17, 15) is 9.59 Å². The van der Waals surface area contributed by atoms with Gasteiger partial charge >= 0.3 is 0 Å². The molecule has 0 saturated carbocycles. The second-order valence-electron chi connectivity index (χ2n) is 7.26. The molecule has 0 radical (unpaired) electrons. The Morgan fingerprint density at radius 3 is 2.21 bits per heavy atom. The fourth-order valence-electron chi connectivity index (χ4n) is 3.61. The molecule has 0 aliphatic carbocycles. The lowest BCUT2D eigenvalue weighted by atomic mass is 9.99. The van der Waals surface area contributed by atoms with E-state index >= 15 is 0 Å². The highest BCUT2D eigenvalue weighted by molar-refractivity contribution is 5.98. The lowest BCUT2D eigenvalue weighted by Gasteiger charge is -2.26. The first-order valence-corrected chi connectivity index (χ1v) is 9.65. The van der Waals surface area contributed by atoms with Gasteiger partial charge in [0.15, 0.2) is 0 Å². The molecule has 5 nitrogen and oxygen atoms in total. The van der Waals surface area contributed by atoms with Crippen molar-refractivity contribution in [1.29, 1.82) is 0 Å². The first-order chi connectivity index (χ1) is 14.1. The maximum absolute atomic E-state index is 12.8. The van der Waals surface area contributed by atoms with Crippen molar-refractivity contribution < 1.29 is 9.59 Å². The lowest BCUT2D eigenvalue weighted by molar-refractivity contribution is -0.122. The third-order valence-electron chi connectivity index (χ3n) is 5.12. The fourth-order valence-corrected chi connectivity index (χ4v) is 3.61. The van der Waals surface area contributed by atoms with Gasteiger partial charge in [0.25, 0.3) is 11.8 Å². The van der Waals surface area contributed by atoms with Crippen molar-refractivity contribution in [1.82, 2.24) is 15.8 Å². The van der Waals surface area contributed by atoms with Gasteiger partial charge in [-0.3, -0.25) is 15.0 Å². The van der Waals surface area contributed by atoms with E-state index in [0.717, 1.165) is 11.1 Å². The third-order valence-corrected chi connectivity index (χ3v) is 5.12. The zero-order valence-corrected chi connectivity index (χ0v) is 16.2. The summed E-state index contributed by atoms with van der Waals surface area (Å²) in [6.07, 6.45) is 0. The van der Waals surface area contributed by atoms with Crippen molar-refractivity contribution >= 4 is 11.8 Å². The molecule has 2 amide bonds. The predicted molar refractivity (Wildman–Crippen MR) is 112 cm³/mol. The molecule has 2 N–H and O–H groups in total. The monoisotopic (exact) mass is 385 g/mol. The van der Waals surface area contributed by atoms with Gasteiger partial charge in [-0.05, 0) is 30.2 Å².